The first-order valence-electron chi connectivity index (χ1n) is 11.6. The molecule has 2 fully saturated rings. The van der Waals surface area contributed by atoms with Gasteiger partial charge in [-0.3, -0.25) is 9.79 Å². The molecule has 0 aromatic heterocycles. The Morgan fingerprint density at radius 2 is 2.06 bits per heavy atom. The Hall–Kier alpha value is -2.12. The normalized spacial score (nSPS) is 23.5. The molecule has 1 N–H and O–H groups in total. The van der Waals surface area contributed by atoms with E-state index < -0.39 is 0 Å². The number of fused-ring (bicyclic) bond motifs is 1. The number of guanidine groups is 1. The Labute approximate surface area is 186 Å². The van der Waals surface area contributed by atoms with Gasteiger partial charge in [0.05, 0.1) is 0 Å². The lowest BCUT2D eigenvalue weighted by atomic mass is 9.88. The van der Waals surface area contributed by atoms with E-state index >= 15 is 0 Å². The lowest BCUT2D eigenvalue weighted by molar-refractivity contribution is -0.127. The Kier molecular flexibility index (Phi) is 6.82. The molecule has 1 aromatic rings. The van der Waals surface area contributed by atoms with Crippen LogP contribution >= 0.6 is 0 Å². The predicted molar refractivity (Wildman–Crippen MR) is 125 cm³/mol. The summed E-state index contributed by atoms with van der Waals surface area (Å²) < 4.78 is 5.62. The van der Waals surface area contributed by atoms with E-state index in [9.17, 15) is 4.79 Å². The summed E-state index contributed by atoms with van der Waals surface area (Å²) in [6.45, 7) is 5.13. The van der Waals surface area contributed by atoms with Crippen molar-refractivity contribution in [3.8, 4) is 0 Å². The smallest absolute Gasteiger partial charge is 0.222 e. The summed E-state index contributed by atoms with van der Waals surface area (Å²) in [6.07, 6.45) is 4.75. The second-order valence-electron chi connectivity index (χ2n) is 9.27. The standard InChI is InChI=1S/C24H37N5O2/c1-25-23(26-18-24(27(2)3)11-15-31-16-12-24)29-17-19(20-7-4-5-8-21(20)29)10-14-28-13-6-9-22(28)30/h4-5,7-8,19H,6,9-18H2,1-3H3,(H,25,26). The van der Waals surface area contributed by atoms with Crippen LogP contribution in [0.3, 0.4) is 0 Å². The number of aliphatic imine (C=N–C) groups is 1. The number of para-hydroxylation sites is 1. The number of carbonyl (C=O) groups is 1. The highest BCUT2D eigenvalue weighted by molar-refractivity contribution is 5.98. The van der Waals surface area contributed by atoms with Gasteiger partial charge < -0.3 is 24.8 Å². The van der Waals surface area contributed by atoms with Crippen molar-refractivity contribution in [2.24, 2.45) is 4.99 Å². The summed E-state index contributed by atoms with van der Waals surface area (Å²) in [5, 5.41) is 3.68. The second-order valence-corrected chi connectivity index (χ2v) is 9.27. The number of hydrogen-bond acceptors (Lipinski definition) is 4. The van der Waals surface area contributed by atoms with Crippen molar-refractivity contribution in [2.75, 3.05) is 65.4 Å². The molecule has 170 valence electrons. The molecule has 1 atom stereocenters. The number of amides is 1. The van der Waals surface area contributed by atoms with E-state index in [2.05, 4.69) is 58.5 Å². The fraction of sp³-hybridized carbons (Fsp3) is 0.667. The first-order chi connectivity index (χ1) is 15.0. The summed E-state index contributed by atoms with van der Waals surface area (Å²) in [5.41, 5.74) is 2.69. The number of hydrogen-bond donors (Lipinski definition) is 1. The molecule has 31 heavy (non-hydrogen) atoms. The number of nitrogens with zero attached hydrogens (tertiary/aromatic N) is 4. The molecular weight excluding hydrogens is 390 g/mol. The fourth-order valence-electron chi connectivity index (χ4n) is 5.27. The van der Waals surface area contributed by atoms with Crippen LogP contribution in [0.15, 0.2) is 29.3 Å². The third-order valence-corrected chi connectivity index (χ3v) is 7.40. The summed E-state index contributed by atoms with van der Waals surface area (Å²) in [6, 6.07) is 8.65. The van der Waals surface area contributed by atoms with E-state index in [1.807, 2.05) is 11.9 Å². The summed E-state index contributed by atoms with van der Waals surface area (Å²) >= 11 is 0. The van der Waals surface area contributed by atoms with Crippen molar-refractivity contribution < 1.29 is 9.53 Å². The Bertz CT molecular complexity index is 803. The number of rotatable bonds is 6. The first-order valence-corrected chi connectivity index (χ1v) is 11.6. The van der Waals surface area contributed by atoms with Crippen LogP contribution in [-0.4, -0.2) is 87.7 Å². The minimum Gasteiger partial charge on any atom is -0.381 e. The van der Waals surface area contributed by atoms with Gasteiger partial charge in [-0.15, -0.1) is 0 Å². The second kappa shape index (κ2) is 9.57. The predicted octanol–water partition coefficient (Wildman–Crippen LogP) is 2.29. The molecule has 1 aromatic carbocycles. The lowest BCUT2D eigenvalue weighted by Crippen LogP contribution is -2.57. The van der Waals surface area contributed by atoms with Crippen LogP contribution in [0, 0.1) is 0 Å². The van der Waals surface area contributed by atoms with Gasteiger partial charge in [0.1, 0.15) is 0 Å². The average Bonchev–Trinajstić information content (AvgIpc) is 3.37. The van der Waals surface area contributed by atoms with Gasteiger partial charge >= 0.3 is 0 Å². The highest BCUT2D eigenvalue weighted by atomic mass is 16.5. The van der Waals surface area contributed by atoms with E-state index in [0.29, 0.717) is 18.2 Å². The number of carbonyl (C=O) groups excluding carboxylic acids is 1. The van der Waals surface area contributed by atoms with E-state index in [1.54, 1.807) is 0 Å². The molecule has 0 saturated carbocycles. The van der Waals surface area contributed by atoms with Crippen molar-refractivity contribution in [3.63, 3.8) is 0 Å². The molecule has 3 aliphatic heterocycles. The number of likely N-dealkylation sites (tertiary alicyclic amines) is 1. The van der Waals surface area contributed by atoms with Gasteiger partial charge in [0.15, 0.2) is 5.96 Å². The summed E-state index contributed by atoms with van der Waals surface area (Å²) in [7, 11) is 6.20. The summed E-state index contributed by atoms with van der Waals surface area (Å²) in [5.74, 6) is 1.65. The molecule has 3 heterocycles. The Morgan fingerprint density at radius 3 is 2.74 bits per heavy atom. The zero-order chi connectivity index (χ0) is 21.8. The van der Waals surface area contributed by atoms with E-state index in [0.717, 1.165) is 71.0 Å². The highest BCUT2D eigenvalue weighted by Gasteiger charge is 2.37. The zero-order valence-electron chi connectivity index (χ0n) is 19.3. The van der Waals surface area contributed by atoms with Crippen LogP contribution in [0.5, 0.6) is 0 Å². The third-order valence-electron chi connectivity index (χ3n) is 7.40. The number of anilines is 1. The van der Waals surface area contributed by atoms with Crippen molar-refractivity contribution in [2.45, 2.75) is 43.6 Å². The first kappa shape index (κ1) is 22.1. The molecule has 7 nitrogen and oxygen atoms in total. The molecule has 4 rings (SSSR count). The van der Waals surface area contributed by atoms with Gasteiger partial charge in [-0.25, -0.2) is 0 Å². The van der Waals surface area contributed by atoms with Crippen LogP contribution in [0.4, 0.5) is 5.69 Å². The zero-order valence-corrected chi connectivity index (χ0v) is 19.3. The van der Waals surface area contributed by atoms with Crippen molar-refractivity contribution >= 4 is 17.6 Å². The van der Waals surface area contributed by atoms with E-state index in [1.165, 1.54) is 11.3 Å². The van der Waals surface area contributed by atoms with Crippen molar-refractivity contribution in [1.82, 2.24) is 15.1 Å². The fourth-order valence-corrected chi connectivity index (χ4v) is 5.27. The van der Waals surface area contributed by atoms with Gasteiger partial charge in [0, 0.05) is 70.0 Å². The minimum absolute atomic E-state index is 0.0863. The number of benzene rings is 1. The molecule has 2 saturated heterocycles. The highest BCUT2D eigenvalue weighted by Crippen LogP contribution is 2.38. The lowest BCUT2D eigenvalue weighted by Gasteiger charge is -2.43. The molecule has 0 radical (unpaired) electrons. The maximum Gasteiger partial charge on any atom is 0.222 e. The molecule has 0 bridgehead atoms. The van der Waals surface area contributed by atoms with Gasteiger partial charge in [0.2, 0.25) is 5.91 Å². The molecule has 0 aliphatic carbocycles. The van der Waals surface area contributed by atoms with Gasteiger partial charge in [-0.2, -0.15) is 0 Å². The largest absolute Gasteiger partial charge is 0.381 e. The molecule has 1 unspecified atom stereocenters. The van der Waals surface area contributed by atoms with Crippen LogP contribution in [0.2, 0.25) is 0 Å². The number of likely N-dealkylation sites (N-methyl/N-ethyl adjacent to an activating group) is 1. The minimum atomic E-state index is 0.0863. The van der Waals surface area contributed by atoms with E-state index in [-0.39, 0.29) is 5.54 Å². The van der Waals surface area contributed by atoms with Gasteiger partial charge in [0.25, 0.3) is 0 Å². The van der Waals surface area contributed by atoms with Gasteiger partial charge in [-0.05, 0) is 51.4 Å². The number of nitrogens with one attached hydrogen (secondary N) is 1. The van der Waals surface area contributed by atoms with Crippen LogP contribution < -0.4 is 10.2 Å². The van der Waals surface area contributed by atoms with Crippen LogP contribution in [0.25, 0.3) is 0 Å². The van der Waals surface area contributed by atoms with Gasteiger partial charge in [-0.1, -0.05) is 18.2 Å². The monoisotopic (exact) mass is 427 g/mol. The van der Waals surface area contributed by atoms with Crippen LogP contribution in [0.1, 0.15) is 43.6 Å². The van der Waals surface area contributed by atoms with E-state index in [4.69, 9.17) is 4.74 Å². The Morgan fingerprint density at radius 1 is 1.29 bits per heavy atom. The maximum atomic E-state index is 12.0. The van der Waals surface area contributed by atoms with Crippen LogP contribution in [-0.2, 0) is 9.53 Å². The average molecular weight is 428 g/mol. The quantitative estimate of drug-likeness (QED) is 0.558. The molecule has 7 heteroatoms. The maximum absolute atomic E-state index is 12.0. The third kappa shape index (κ3) is 4.58. The Balaban J connectivity index is 1.45. The molecule has 3 aliphatic rings. The topological polar surface area (TPSA) is 60.4 Å². The molecular formula is C24H37N5O2. The summed E-state index contributed by atoms with van der Waals surface area (Å²) in [4.78, 5) is 23.4. The molecule has 0 spiro atoms. The SMILES string of the molecule is CN=C(NCC1(N(C)C)CCOCC1)N1CC(CCN2CCCC2=O)c2ccccc21. The van der Waals surface area contributed by atoms with Crippen molar-refractivity contribution in [3.05, 3.63) is 29.8 Å². The molecule has 1 amide bonds. The number of ether oxygens (including phenoxy) is 1. The van der Waals surface area contributed by atoms with Crippen molar-refractivity contribution in [1.29, 1.82) is 0 Å².